The first-order valence-electron chi connectivity index (χ1n) is 26.7. The Kier molecular flexibility index (Phi) is 38.4. The number of phosphoric acid groups is 1. The summed E-state index contributed by atoms with van der Waals surface area (Å²) >= 11 is 0. The molecule has 0 aromatic rings. The summed E-state index contributed by atoms with van der Waals surface area (Å²) in [5, 5.41) is 85.6. The fourth-order valence-corrected chi connectivity index (χ4v) is 9.86. The lowest BCUT2D eigenvalue weighted by atomic mass is 9.85. The third-order valence-electron chi connectivity index (χ3n) is 13.4. The molecule has 1 amide bonds. The number of nitrogens with one attached hydrogen (secondary N) is 1. The number of carbonyl (C=O) groups is 1. The van der Waals surface area contributed by atoms with E-state index in [-0.39, 0.29) is 12.8 Å². The van der Waals surface area contributed by atoms with Crippen molar-refractivity contribution in [2.75, 3.05) is 6.61 Å². The lowest BCUT2D eigenvalue weighted by molar-refractivity contribution is -0.220. The van der Waals surface area contributed by atoms with Crippen molar-refractivity contribution in [3.05, 3.63) is 0 Å². The number of carbonyl (C=O) groups excluding carboxylic acids is 1. The van der Waals surface area contributed by atoms with E-state index in [9.17, 15) is 55.1 Å². The standard InChI is InChI=1S/C50H100NO13P/c1-3-5-7-9-11-13-15-17-18-19-20-21-22-23-24-25-26-28-30-32-34-36-38-42(53)50(60)51-40(39-63-65(61,62)64-49-47(58)45(56)44(55)46(57)48(49)59)43(54)41(52)37-35-33-31-29-27-16-14-12-10-8-6-4-2/h40-49,52-59H,3-39H2,1-2H3,(H,51,60)(H,61,62). The Hall–Kier alpha value is -0.740. The van der Waals surface area contributed by atoms with Gasteiger partial charge in [0.2, 0.25) is 5.91 Å². The molecule has 388 valence electrons. The Morgan fingerprint density at radius 1 is 0.477 bits per heavy atom. The third-order valence-corrected chi connectivity index (χ3v) is 14.4. The summed E-state index contributed by atoms with van der Waals surface area (Å²) in [6.07, 6.45) is 24.7. The van der Waals surface area contributed by atoms with Crippen molar-refractivity contribution in [3.8, 4) is 0 Å². The minimum absolute atomic E-state index is 0.158. The van der Waals surface area contributed by atoms with Crippen LogP contribution < -0.4 is 5.32 Å². The van der Waals surface area contributed by atoms with E-state index in [4.69, 9.17) is 9.05 Å². The predicted molar refractivity (Wildman–Crippen MR) is 258 cm³/mol. The molecule has 9 unspecified atom stereocenters. The van der Waals surface area contributed by atoms with Crippen molar-refractivity contribution in [1.82, 2.24) is 5.32 Å². The van der Waals surface area contributed by atoms with Crippen LogP contribution in [-0.2, 0) is 18.4 Å². The summed E-state index contributed by atoms with van der Waals surface area (Å²) in [6.45, 7) is 3.60. The van der Waals surface area contributed by atoms with Gasteiger partial charge in [-0.2, -0.15) is 0 Å². The summed E-state index contributed by atoms with van der Waals surface area (Å²) in [5.74, 6) is -0.856. The first-order chi connectivity index (χ1) is 31.3. The van der Waals surface area contributed by atoms with Gasteiger partial charge in [-0.25, -0.2) is 4.57 Å². The van der Waals surface area contributed by atoms with Gasteiger partial charge in [0.05, 0.1) is 18.8 Å². The number of amides is 1. The summed E-state index contributed by atoms with van der Waals surface area (Å²) in [4.78, 5) is 23.6. The molecule has 0 aromatic heterocycles. The van der Waals surface area contributed by atoms with E-state index >= 15 is 0 Å². The molecule has 0 aliphatic heterocycles. The molecular weight excluding hydrogens is 854 g/mol. The van der Waals surface area contributed by atoms with Crippen molar-refractivity contribution in [1.29, 1.82) is 0 Å². The van der Waals surface area contributed by atoms with E-state index in [0.717, 1.165) is 51.4 Å². The van der Waals surface area contributed by atoms with Gasteiger partial charge in [-0.05, 0) is 12.8 Å². The summed E-state index contributed by atoms with van der Waals surface area (Å²) in [5.41, 5.74) is 0. The molecule has 0 radical (unpaired) electrons. The van der Waals surface area contributed by atoms with E-state index in [1.54, 1.807) is 0 Å². The highest BCUT2D eigenvalue weighted by Gasteiger charge is 2.51. The normalized spacial score (nSPS) is 22.9. The van der Waals surface area contributed by atoms with Crippen LogP contribution in [0.4, 0.5) is 0 Å². The second-order valence-corrected chi connectivity index (χ2v) is 20.8. The number of unbranched alkanes of at least 4 members (excludes halogenated alkanes) is 32. The number of hydrogen-bond acceptors (Lipinski definition) is 12. The van der Waals surface area contributed by atoms with Crippen LogP contribution in [0.15, 0.2) is 0 Å². The highest BCUT2D eigenvalue weighted by atomic mass is 31.2. The topological polar surface area (TPSA) is 247 Å². The van der Waals surface area contributed by atoms with Crippen molar-refractivity contribution >= 4 is 13.7 Å². The first-order valence-corrected chi connectivity index (χ1v) is 28.2. The van der Waals surface area contributed by atoms with Crippen LogP contribution >= 0.6 is 7.82 Å². The number of aliphatic hydroxyl groups excluding tert-OH is 8. The molecule has 1 rings (SSSR count). The Labute approximate surface area is 394 Å². The largest absolute Gasteiger partial charge is 0.472 e. The van der Waals surface area contributed by atoms with Gasteiger partial charge < -0.3 is 51.1 Å². The average molecular weight is 954 g/mol. The van der Waals surface area contributed by atoms with Gasteiger partial charge in [-0.3, -0.25) is 13.8 Å². The lowest BCUT2D eigenvalue weighted by Gasteiger charge is -2.41. The maximum absolute atomic E-state index is 13.1. The van der Waals surface area contributed by atoms with Gasteiger partial charge in [0.1, 0.15) is 48.8 Å². The molecule has 1 aliphatic carbocycles. The van der Waals surface area contributed by atoms with Gasteiger partial charge in [0.25, 0.3) is 0 Å². The fraction of sp³-hybridized carbons (Fsp3) is 0.980. The second kappa shape index (κ2) is 40.0. The number of hydrogen-bond donors (Lipinski definition) is 10. The Balaban J connectivity index is 2.44. The van der Waals surface area contributed by atoms with Gasteiger partial charge in [0, 0.05) is 0 Å². The summed E-state index contributed by atoms with van der Waals surface area (Å²) in [6, 6.07) is -1.47. The van der Waals surface area contributed by atoms with Crippen LogP contribution in [0.3, 0.4) is 0 Å². The molecule has 0 bridgehead atoms. The van der Waals surface area contributed by atoms with Crippen LogP contribution in [0, 0.1) is 0 Å². The smallest absolute Gasteiger partial charge is 0.390 e. The van der Waals surface area contributed by atoms with Gasteiger partial charge in [-0.1, -0.05) is 232 Å². The van der Waals surface area contributed by atoms with E-state index in [0.29, 0.717) is 12.8 Å². The monoisotopic (exact) mass is 954 g/mol. The van der Waals surface area contributed by atoms with Gasteiger partial charge in [-0.15, -0.1) is 0 Å². The molecule has 0 saturated heterocycles. The van der Waals surface area contributed by atoms with Crippen LogP contribution in [0.2, 0.25) is 0 Å². The molecule has 0 heterocycles. The number of rotatable bonds is 45. The maximum Gasteiger partial charge on any atom is 0.472 e. The highest BCUT2D eigenvalue weighted by Crippen LogP contribution is 2.47. The Morgan fingerprint density at radius 2 is 0.769 bits per heavy atom. The molecule has 14 nitrogen and oxygen atoms in total. The molecular formula is C50H100NO13P. The van der Waals surface area contributed by atoms with Crippen molar-refractivity contribution in [2.24, 2.45) is 0 Å². The minimum Gasteiger partial charge on any atom is -0.390 e. The van der Waals surface area contributed by atoms with Gasteiger partial charge in [0.15, 0.2) is 0 Å². The number of phosphoric ester groups is 1. The Morgan fingerprint density at radius 3 is 1.11 bits per heavy atom. The molecule has 1 saturated carbocycles. The molecule has 10 N–H and O–H groups in total. The third kappa shape index (κ3) is 30.5. The predicted octanol–water partition coefficient (Wildman–Crippen LogP) is 8.96. The van der Waals surface area contributed by atoms with E-state index in [1.165, 1.54) is 154 Å². The van der Waals surface area contributed by atoms with Crippen molar-refractivity contribution in [3.63, 3.8) is 0 Å². The molecule has 65 heavy (non-hydrogen) atoms. The van der Waals surface area contributed by atoms with Crippen LogP contribution in [0.25, 0.3) is 0 Å². The van der Waals surface area contributed by atoms with Crippen LogP contribution in [0.5, 0.6) is 0 Å². The molecule has 1 aliphatic rings. The molecule has 9 atom stereocenters. The van der Waals surface area contributed by atoms with Crippen LogP contribution in [-0.4, -0.2) is 119 Å². The lowest BCUT2D eigenvalue weighted by Crippen LogP contribution is -2.64. The van der Waals surface area contributed by atoms with Crippen LogP contribution in [0.1, 0.15) is 245 Å². The number of aliphatic hydroxyl groups is 8. The maximum atomic E-state index is 13.1. The second-order valence-electron chi connectivity index (χ2n) is 19.4. The van der Waals surface area contributed by atoms with E-state index in [2.05, 4.69) is 19.2 Å². The zero-order valence-corrected chi connectivity index (χ0v) is 41.9. The van der Waals surface area contributed by atoms with Crippen molar-refractivity contribution in [2.45, 2.75) is 306 Å². The zero-order chi connectivity index (χ0) is 48.1. The zero-order valence-electron chi connectivity index (χ0n) is 41.0. The van der Waals surface area contributed by atoms with E-state index in [1.807, 2.05) is 0 Å². The van der Waals surface area contributed by atoms with Crippen molar-refractivity contribution < 1.29 is 64.2 Å². The van der Waals surface area contributed by atoms with Gasteiger partial charge >= 0.3 is 7.82 Å². The summed E-state index contributed by atoms with van der Waals surface area (Å²) < 4.78 is 22.9. The van der Waals surface area contributed by atoms with E-state index < -0.39 is 81.3 Å². The SMILES string of the molecule is CCCCCCCCCCCCCCCCCCCCCCCCC(O)C(=O)NC(COP(=O)(O)OC1C(O)C(O)C(O)C(O)C1O)C(O)C(O)CCCCCCCCCCCCCC. The Bertz CT molecular complexity index is 1140. The summed E-state index contributed by atoms with van der Waals surface area (Å²) in [7, 11) is -5.23. The highest BCUT2D eigenvalue weighted by molar-refractivity contribution is 7.47. The average Bonchev–Trinajstić information content (AvgIpc) is 3.29. The molecule has 0 spiro atoms. The minimum atomic E-state index is -5.23. The molecule has 15 heteroatoms. The quantitative estimate of drug-likeness (QED) is 0.0203. The molecule has 1 fully saturated rings. The molecule has 0 aromatic carbocycles. The fourth-order valence-electron chi connectivity index (χ4n) is 8.90. The first kappa shape index (κ1) is 62.3.